The highest BCUT2D eigenvalue weighted by Crippen LogP contribution is 2.17. The van der Waals surface area contributed by atoms with Gasteiger partial charge in [-0.05, 0) is 42.3 Å². The van der Waals surface area contributed by atoms with Crippen LogP contribution in [-0.4, -0.2) is 20.1 Å². The SMILES string of the molecule is COc1ccc(CN/C=C(/C#N)C(=O)NC(C)c2ccc(OC)cc2)cc1. The topological polar surface area (TPSA) is 83.4 Å². The van der Waals surface area contributed by atoms with Gasteiger partial charge in [-0.25, -0.2) is 0 Å². The van der Waals surface area contributed by atoms with Crippen molar-refractivity contribution in [2.75, 3.05) is 14.2 Å². The Morgan fingerprint density at radius 1 is 1.07 bits per heavy atom. The van der Waals surface area contributed by atoms with Crippen LogP contribution in [-0.2, 0) is 11.3 Å². The van der Waals surface area contributed by atoms with Gasteiger partial charge in [0.25, 0.3) is 5.91 Å². The molecule has 0 fully saturated rings. The van der Waals surface area contributed by atoms with E-state index in [1.807, 2.05) is 61.5 Å². The second-order valence-electron chi connectivity index (χ2n) is 5.87. The van der Waals surface area contributed by atoms with E-state index in [1.54, 1.807) is 14.2 Å². The molecule has 27 heavy (non-hydrogen) atoms. The van der Waals surface area contributed by atoms with Crippen LogP contribution in [0.15, 0.2) is 60.3 Å². The Morgan fingerprint density at radius 2 is 1.63 bits per heavy atom. The predicted octanol–water partition coefficient (Wildman–Crippen LogP) is 3.08. The van der Waals surface area contributed by atoms with Crippen LogP contribution in [0.5, 0.6) is 11.5 Å². The van der Waals surface area contributed by atoms with Crippen molar-refractivity contribution in [3.05, 3.63) is 71.4 Å². The van der Waals surface area contributed by atoms with Crippen molar-refractivity contribution in [1.29, 1.82) is 5.26 Å². The molecular weight excluding hydrogens is 342 g/mol. The number of hydrogen-bond acceptors (Lipinski definition) is 5. The van der Waals surface area contributed by atoms with Gasteiger partial charge in [-0.3, -0.25) is 4.79 Å². The number of ether oxygens (including phenoxy) is 2. The monoisotopic (exact) mass is 365 g/mol. The first-order valence-corrected chi connectivity index (χ1v) is 8.48. The molecule has 2 aromatic rings. The van der Waals surface area contributed by atoms with E-state index < -0.39 is 5.91 Å². The summed E-state index contributed by atoms with van der Waals surface area (Å²) in [5.74, 6) is 1.10. The summed E-state index contributed by atoms with van der Waals surface area (Å²) < 4.78 is 10.2. The van der Waals surface area contributed by atoms with Gasteiger partial charge in [-0.2, -0.15) is 5.26 Å². The second-order valence-corrected chi connectivity index (χ2v) is 5.87. The summed E-state index contributed by atoms with van der Waals surface area (Å²) in [5, 5.41) is 15.1. The number of methoxy groups -OCH3 is 2. The molecule has 2 N–H and O–H groups in total. The fourth-order valence-electron chi connectivity index (χ4n) is 2.41. The van der Waals surface area contributed by atoms with E-state index in [4.69, 9.17) is 9.47 Å². The number of benzene rings is 2. The summed E-state index contributed by atoms with van der Waals surface area (Å²) in [7, 11) is 3.21. The van der Waals surface area contributed by atoms with Crippen molar-refractivity contribution >= 4 is 5.91 Å². The number of nitrogens with zero attached hydrogens (tertiary/aromatic N) is 1. The largest absolute Gasteiger partial charge is 0.497 e. The Hall–Kier alpha value is -3.46. The van der Waals surface area contributed by atoms with E-state index in [-0.39, 0.29) is 11.6 Å². The van der Waals surface area contributed by atoms with Crippen molar-refractivity contribution in [2.45, 2.75) is 19.5 Å². The molecule has 2 rings (SSSR count). The van der Waals surface area contributed by atoms with Crippen LogP contribution in [0, 0.1) is 11.3 Å². The lowest BCUT2D eigenvalue weighted by atomic mass is 10.1. The Morgan fingerprint density at radius 3 is 2.15 bits per heavy atom. The molecule has 140 valence electrons. The molecule has 0 bridgehead atoms. The third-order valence-electron chi connectivity index (χ3n) is 4.04. The van der Waals surface area contributed by atoms with Crippen LogP contribution >= 0.6 is 0 Å². The summed E-state index contributed by atoms with van der Waals surface area (Å²) in [4.78, 5) is 12.3. The molecule has 0 aliphatic heterocycles. The number of nitriles is 1. The normalized spacial score (nSPS) is 11.9. The van der Waals surface area contributed by atoms with E-state index >= 15 is 0 Å². The van der Waals surface area contributed by atoms with Crippen LogP contribution in [0.4, 0.5) is 0 Å². The molecule has 0 saturated carbocycles. The maximum Gasteiger partial charge on any atom is 0.263 e. The summed E-state index contributed by atoms with van der Waals surface area (Å²) >= 11 is 0. The number of amides is 1. The van der Waals surface area contributed by atoms with Gasteiger partial charge in [0, 0.05) is 12.7 Å². The number of rotatable bonds is 8. The van der Waals surface area contributed by atoms with Gasteiger partial charge in [-0.15, -0.1) is 0 Å². The predicted molar refractivity (Wildman–Crippen MR) is 103 cm³/mol. The van der Waals surface area contributed by atoms with Crippen LogP contribution in [0.25, 0.3) is 0 Å². The van der Waals surface area contributed by atoms with E-state index in [0.717, 1.165) is 22.6 Å². The Kier molecular flexibility index (Phi) is 7.26. The standard InChI is InChI=1S/C21H23N3O3/c1-15(17-6-10-20(27-3)11-7-17)24-21(25)18(12-22)14-23-13-16-4-8-19(26-2)9-5-16/h4-11,14-15,23H,13H2,1-3H3,(H,24,25)/b18-14-. The van der Waals surface area contributed by atoms with Crippen molar-refractivity contribution in [2.24, 2.45) is 0 Å². The summed E-state index contributed by atoms with van der Waals surface area (Å²) in [6.07, 6.45) is 1.43. The second kappa shape index (κ2) is 9.88. The van der Waals surface area contributed by atoms with Crippen molar-refractivity contribution in [3.8, 4) is 17.6 Å². The lowest BCUT2D eigenvalue weighted by Crippen LogP contribution is -2.28. The van der Waals surface area contributed by atoms with Crippen LogP contribution < -0.4 is 20.1 Å². The minimum atomic E-state index is -0.428. The van der Waals surface area contributed by atoms with Gasteiger partial charge >= 0.3 is 0 Å². The van der Waals surface area contributed by atoms with Crippen molar-refractivity contribution in [1.82, 2.24) is 10.6 Å². The van der Waals surface area contributed by atoms with Gasteiger partial charge in [0.05, 0.1) is 20.3 Å². The molecule has 1 atom stereocenters. The van der Waals surface area contributed by atoms with E-state index in [2.05, 4.69) is 10.6 Å². The van der Waals surface area contributed by atoms with Gasteiger partial charge in [-0.1, -0.05) is 24.3 Å². The van der Waals surface area contributed by atoms with Crippen LogP contribution in [0.2, 0.25) is 0 Å². The number of hydrogen-bond donors (Lipinski definition) is 2. The third kappa shape index (κ3) is 5.79. The minimum Gasteiger partial charge on any atom is -0.497 e. The number of nitrogens with one attached hydrogen (secondary N) is 2. The van der Waals surface area contributed by atoms with Crippen molar-refractivity contribution in [3.63, 3.8) is 0 Å². The maximum absolute atomic E-state index is 12.3. The first kappa shape index (κ1) is 19.9. The fourth-order valence-corrected chi connectivity index (χ4v) is 2.41. The molecule has 0 heterocycles. The minimum absolute atomic E-state index is 0.0175. The van der Waals surface area contributed by atoms with Gasteiger partial charge < -0.3 is 20.1 Å². The average Bonchev–Trinajstić information content (AvgIpc) is 2.71. The lowest BCUT2D eigenvalue weighted by Gasteiger charge is -2.14. The van der Waals surface area contributed by atoms with Gasteiger partial charge in [0.15, 0.2) is 0 Å². The maximum atomic E-state index is 12.3. The molecule has 0 aliphatic rings. The molecule has 0 saturated heterocycles. The van der Waals surface area contributed by atoms with Crippen molar-refractivity contribution < 1.29 is 14.3 Å². The molecule has 1 unspecified atom stereocenters. The molecule has 0 aromatic heterocycles. The molecule has 0 spiro atoms. The summed E-state index contributed by atoms with van der Waals surface area (Å²) in [5.41, 5.74) is 1.95. The van der Waals surface area contributed by atoms with E-state index in [9.17, 15) is 10.1 Å². The Bertz CT molecular complexity index is 821. The Balaban J connectivity index is 1.93. The number of carbonyl (C=O) groups excluding carboxylic acids is 1. The molecule has 0 radical (unpaired) electrons. The van der Waals surface area contributed by atoms with E-state index in [1.165, 1.54) is 6.20 Å². The Labute approximate surface area is 159 Å². The first-order chi connectivity index (χ1) is 13.1. The molecule has 6 nitrogen and oxygen atoms in total. The number of carbonyl (C=O) groups is 1. The average molecular weight is 365 g/mol. The zero-order valence-corrected chi connectivity index (χ0v) is 15.7. The highest BCUT2D eigenvalue weighted by atomic mass is 16.5. The molecular formula is C21H23N3O3. The zero-order chi connectivity index (χ0) is 19.6. The molecule has 2 aromatic carbocycles. The quantitative estimate of drug-likeness (QED) is 0.555. The fraction of sp³-hybridized carbons (Fsp3) is 0.238. The summed E-state index contributed by atoms with van der Waals surface area (Å²) in [6, 6.07) is 16.6. The lowest BCUT2D eigenvalue weighted by molar-refractivity contribution is -0.117. The van der Waals surface area contributed by atoms with Gasteiger partial charge in [0.2, 0.25) is 0 Å². The third-order valence-corrected chi connectivity index (χ3v) is 4.04. The highest BCUT2D eigenvalue weighted by molar-refractivity contribution is 5.97. The molecule has 6 heteroatoms. The van der Waals surface area contributed by atoms with Gasteiger partial charge in [0.1, 0.15) is 23.1 Å². The molecule has 0 aliphatic carbocycles. The smallest absolute Gasteiger partial charge is 0.263 e. The highest BCUT2D eigenvalue weighted by Gasteiger charge is 2.13. The zero-order valence-electron chi connectivity index (χ0n) is 15.7. The van der Waals surface area contributed by atoms with Crippen LogP contribution in [0.3, 0.4) is 0 Å². The van der Waals surface area contributed by atoms with E-state index in [0.29, 0.717) is 6.54 Å². The van der Waals surface area contributed by atoms with Crippen LogP contribution in [0.1, 0.15) is 24.1 Å². The summed E-state index contributed by atoms with van der Waals surface area (Å²) in [6.45, 7) is 2.36. The molecule has 1 amide bonds. The first-order valence-electron chi connectivity index (χ1n) is 8.48.